The summed E-state index contributed by atoms with van der Waals surface area (Å²) in [4.78, 5) is 18.3. The molecule has 1 aliphatic heterocycles. The highest BCUT2D eigenvalue weighted by molar-refractivity contribution is 5.72. The van der Waals surface area contributed by atoms with Gasteiger partial charge >= 0.3 is 5.69 Å². The monoisotopic (exact) mass is 355 g/mol. The predicted octanol–water partition coefficient (Wildman–Crippen LogP) is -0.249. The molecule has 0 radical (unpaired) electrons. The van der Waals surface area contributed by atoms with Gasteiger partial charge in [-0.1, -0.05) is 5.11 Å². The van der Waals surface area contributed by atoms with Crippen molar-refractivity contribution in [2.45, 2.75) is 30.6 Å². The highest BCUT2D eigenvalue weighted by atomic mass is 19.1. The standard InChI is InChI=1S/C13H14FN5O6/c14-8-9(22)13(5-21,17-18-15)25-11(8)19-4-6-3-7(1-2-20)24-10(6)16-12(19)23/h3-4,8-9,11,20-22H,1-2,5H2/t8-,9?,11+,13+/m0/s1. The second-order valence-corrected chi connectivity index (χ2v) is 5.47. The molecule has 0 amide bonds. The second kappa shape index (κ2) is 6.43. The molecule has 12 heteroatoms. The Balaban J connectivity index is 2.05. The maximum atomic E-state index is 14.5. The van der Waals surface area contributed by atoms with Gasteiger partial charge in [0.25, 0.3) is 0 Å². The van der Waals surface area contributed by atoms with Gasteiger partial charge in [0, 0.05) is 17.5 Å². The number of alkyl halides is 1. The molecular formula is C13H14FN5O6. The van der Waals surface area contributed by atoms with Crippen molar-refractivity contribution in [2.24, 2.45) is 5.11 Å². The minimum atomic E-state index is -2.24. The minimum Gasteiger partial charge on any atom is -0.442 e. The number of rotatable bonds is 5. The third-order valence-corrected chi connectivity index (χ3v) is 3.92. The zero-order valence-corrected chi connectivity index (χ0v) is 12.7. The van der Waals surface area contributed by atoms with E-state index < -0.39 is 36.5 Å². The Bertz CT molecular complexity index is 893. The summed E-state index contributed by atoms with van der Waals surface area (Å²) >= 11 is 0. The Morgan fingerprint density at radius 3 is 2.92 bits per heavy atom. The molecule has 4 atom stereocenters. The third kappa shape index (κ3) is 2.75. The number of nitrogens with zero attached hydrogens (tertiary/aromatic N) is 5. The highest BCUT2D eigenvalue weighted by Gasteiger charge is 2.56. The lowest BCUT2D eigenvalue weighted by atomic mass is 10.1. The number of aromatic nitrogens is 2. The van der Waals surface area contributed by atoms with Crippen LogP contribution >= 0.6 is 0 Å². The van der Waals surface area contributed by atoms with E-state index in [1.54, 1.807) is 0 Å². The number of furan rings is 1. The van der Waals surface area contributed by atoms with Crippen LogP contribution in [-0.4, -0.2) is 56.1 Å². The zero-order chi connectivity index (χ0) is 18.2. The summed E-state index contributed by atoms with van der Waals surface area (Å²) in [5.41, 5.74) is 5.39. The molecule has 3 heterocycles. The summed E-state index contributed by atoms with van der Waals surface area (Å²) in [7, 11) is 0. The van der Waals surface area contributed by atoms with Crippen molar-refractivity contribution in [1.29, 1.82) is 0 Å². The molecule has 2 aromatic rings. The number of aliphatic hydroxyl groups is 3. The Kier molecular flexibility index (Phi) is 4.45. The van der Waals surface area contributed by atoms with E-state index in [1.807, 2.05) is 0 Å². The van der Waals surface area contributed by atoms with Crippen LogP contribution in [0.4, 0.5) is 4.39 Å². The quantitative estimate of drug-likeness (QED) is 0.377. The van der Waals surface area contributed by atoms with Crippen LogP contribution in [0.2, 0.25) is 0 Å². The van der Waals surface area contributed by atoms with Gasteiger partial charge in [-0.3, -0.25) is 4.57 Å². The molecule has 3 rings (SSSR count). The van der Waals surface area contributed by atoms with E-state index >= 15 is 0 Å². The van der Waals surface area contributed by atoms with Crippen molar-refractivity contribution < 1.29 is 28.9 Å². The molecule has 134 valence electrons. The van der Waals surface area contributed by atoms with Crippen molar-refractivity contribution in [1.82, 2.24) is 9.55 Å². The van der Waals surface area contributed by atoms with E-state index in [9.17, 15) is 19.4 Å². The molecule has 0 spiro atoms. The van der Waals surface area contributed by atoms with E-state index in [0.717, 1.165) is 4.57 Å². The number of hydrogen-bond acceptors (Lipinski definition) is 8. The Hall–Kier alpha value is -2.50. The Morgan fingerprint density at radius 1 is 1.52 bits per heavy atom. The van der Waals surface area contributed by atoms with Crippen LogP contribution < -0.4 is 5.69 Å². The van der Waals surface area contributed by atoms with Gasteiger partial charge in [-0.15, -0.1) is 0 Å². The molecule has 0 bridgehead atoms. The molecule has 2 aromatic heterocycles. The van der Waals surface area contributed by atoms with Crippen molar-refractivity contribution in [3.63, 3.8) is 0 Å². The van der Waals surface area contributed by atoms with Crippen LogP contribution in [0.15, 0.2) is 26.6 Å². The fourth-order valence-electron chi connectivity index (χ4n) is 2.67. The second-order valence-electron chi connectivity index (χ2n) is 5.47. The average Bonchev–Trinajstić information content (AvgIpc) is 3.08. The molecule has 1 fully saturated rings. The normalized spacial score (nSPS) is 29.0. The molecule has 1 aliphatic rings. The molecule has 0 aromatic carbocycles. The first-order valence-electron chi connectivity index (χ1n) is 7.25. The Labute approximate surface area is 138 Å². The number of azide groups is 1. The van der Waals surface area contributed by atoms with E-state index in [1.165, 1.54) is 12.3 Å². The summed E-state index contributed by atoms with van der Waals surface area (Å²) in [6.07, 6.45) is -4.37. The van der Waals surface area contributed by atoms with Gasteiger partial charge in [0.1, 0.15) is 11.9 Å². The van der Waals surface area contributed by atoms with Crippen LogP contribution in [-0.2, 0) is 11.2 Å². The van der Waals surface area contributed by atoms with Gasteiger partial charge in [0.2, 0.25) is 11.4 Å². The molecule has 1 unspecified atom stereocenters. The summed E-state index contributed by atoms with van der Waals surface area (Å²) in [6.45, 7) is -1.15. The first kappa shape index (κ1) is 17.3. The summed E-state index contributed by atoms with van der Waals surface area (Å²) in [5.74, 6) is 0.380. The lowest BCUT2D eigenvalue weighted by Crippen LogP contribution is -2.43. The molecule has 0 aliphatic carbocycles. The average molecular weight is 355 g/mol. The van der Waals surface area contributed by atoms with E-state index in [4.69, 9.17) is 19.8 Å². The van der Waals surface area contributed by atoms with Crippen molar-refractivity contribution in [3.8, 4) is 0 Å². The van der Waals surface area contributed by atoms with Gasteiger partial charge in [0.15, 0.2) is 12.4 Å². The van der Waals surface area contributed by atoms with Crippen LogP contribution in [0.5, 0.6) is 0 Å². The third-order valence-electron chi connectivity index (χ3n) is 3.92. The number of halogens is 1. The zero-order valence-electron chi connectivity index (χ0n) is 12.7. The van der Waals surface area contributed by atoms with Crippen LogP contribution in [0, 0.1) is 0 Å². The molecule has 1 saturated heterocycles. The summed E-state index contributed by atoms with van der Waals surface area (Å²) < 4.78 is 25.7. The fourth-order valence-corrected chi connectivity index (χ4v) is 2.67. The molecule has 0 saturated carbocycles. The molecular weight excluding hydrogens is 341 g/mol. The molecule has 3 N–H and O–H groups in total. The summed E-state index contributed by atoms with van der Waals surface area (Å²) in [6, 6.07) is 1.51. The number of ether oxygens (including phenoxy) is 1. The molecule has 11 nitrogen and oxygen atoms in total. The van der Waals surface area contributed by atoms with Gasteiger partial charge < -0.3 is 24.5 Å². The van der Waals surface area contributed by atoms with Crippen molar-refractivity contribution in [2.75, 3.05) is 13.2 Å². The maximum Gasteiger partial charge on any atom is 0.353 e. The molecule has 25 heavy (non-hydrogen) atoms. The number of hydrogen-bond donors (Lipinski definition) is 3. The fraction of sp³-hybridized carbons (Fsp3) is 0.538. The van der Waals surface area contributed by atoms with Crippen LogP contribution in [0.3, 0.4) is 0 Å². The van der Waals surface area contributed by atoms with Crippen molar-refractivity contribution in [3.05, 3.63) is 39.0 Å². The number of aliphatic hydroxyl groups excluding tert-OH is 3. The lowest BCUT2D eigenvalue weighted by molar-refractivity contribution is -0.124. The van der Waals surface area contributed by atoms with Gasteiger partial charge in [-0.25, -0.2) is 9.18 Å². The minimum absolute atomic E-state index is 0.00196. The predicted molar refractivity (Wildman–Crippen MR) is 79.0 cm³/mol. The largest absolute Gasteiger partial charge is 0.442 e. The first-order chi connectivity index (χ1) is 12.0. The van der Waals surface area contributed by atoms with E-state index in [0.29, 0.717) is 11.1 Å². The summed E-state index contributed by atoms with van der Waals surface area (Å²) in [5, 5.41) is 31.7. The van der Waals surface area contributed by atoms with Crippen LogP contribution in [0.25, 0.3) is 21.5 Å². The van der Waals surface area contributed by atoms with Crippen molar-refractivity contribution >= 4 is 11.1 Å². The lowest BCUT2D eigenvalue weighted by Gasteiger charge is -2.23. The van der Waals surface area contributed by atoms with E-state index in [2.05, 4.69) is 15.0 Å². The smallest absolute Gasteiger partial charge is 0.353 e. The van der Waals surface area contributed by atoms with E-state index in [-0.39, 0.29) is 18.7 Å². The SMILES string of the molecule is [N-]=[N+]=N[C@]1(CO)O[C@@H](n2cc3cc(CCO)oc3nc2=O)[C@@H](F)C1O. The van der Waals surface area contributed by atoms with Gasteiger partial charge in [0.05, 0.1) is 18.6 Å². The topological polar surface area (TPSA) is 167 Å². The number of fused-ring (bicyclic) bond motifs is 1. The highest BCUT2D eigenvalue weighted by Crippen LogP contribution is 2.39. The van der Waals surface area contributed by atoms with Gasteiger partial charge in [-0.05, 0) is 11.6 Å². The maximum absolute atomic E-state index is 14.5. The Morgan fingerprint density at radius 2 is 2.28 bits per heavy atom. The first-order valence-corrected chi connectivity index (χ1v) is 7.25. The van der Waals surface area contributed by atoms with Crippen LogP contribution in [0.1, 0.15) is 12.0 Å². The van der Waals surface area contributed by atoms with Gasteiger partial charge in [-0.2, -0.15) is 4.98 Å².